The molecule has 0 saturated heterocycles. The zero-order valence-electron chi connectivity index (χ0n) is 13.9. The molecule has 1 aliphatic heterocycles. The first-order chi connectivity index (χ1) is 11.1. The van der Waals surface area contributed by atoms with Gasteiger partial charge in [-0.15, -0.1) is 0 Å². The first kappa shape index (κ1) is 17.1. The minimum Gasteiger partial charge on any atom is -0.483 e. The van der Waals surface area contributed by atoms with Crippen molar-refractivity contribution in [3.05, 3.63) is 36.2 Å². The summed E-state index contributed by atoms with van der Waals surface area (Å²) in [6.07, 6.45) is 4.19. The van der Waals surface area contributed by atoms with E-state index in [0.717, 1.165) is 5.69 Å². The summed E-state index contributed by atoms with van der Waals surface area (Å²) in [5, 5.41) is 10.4. The topological polar surface area (TPSA) is 76.3 Å². The molecule has 0 amide bonds. The Kier molecular flexibility index (Phi) is 5.87. The number of hydrogen-bond acceptors (Lipinski definition) is 6. The van der Waals surface area contributed by atoms with E-state index in [4.69, 9.17) is 9.47 Å². The number of hydrogen-bond donors (Lipinski definition) is 1. The normalized spacial score (nSPS) is 22.7. The van der Waals surface area contributed by atoms with Gasteiger partial charge in [-0.2, -0.15) is 0 Å². The zero-order chi connectivity index (χ0) is 16.8. The SMILES string of the molecule is COC1=N[C@H](C(C)C)C(OC)=N[C@H]1[C@H](O)/C=C/c1ccccn1. The van der Waals surface area contributed by atoms with E-state index in [1.807, 2.05) is 32.0 Å². The molecule has 1 aromatic rings. The summed E-state index contributed by atoms with van der Waals surface area (Å²) in [7, 11) is 3.10. The van der Waals surface area contributed by atoms with Crippen molar-refractivity contribution in [3.8, 4) is 0 Å². The van der Waals surface area contributed by atoms with E-state index in [1.54, 1.807) is 25.5 Å². The predicted octanol–water partition coefficient (Wildman–Crippen LogP) is 1.95. The van der Waals surface area contributed by atoms with Crippen molar-refractivity contribution in [1.82, 2.24) is 4.98 Å². The third-order valence-corrected chi connectivity index (χ3v) is 3.56. The summed E-state index contributed by atoms with van der Waals surface area (Å²) in [5.74, 6) is 1.14. The molecule has 2 rings (SSSR count). The Morgan fingerprint density at radius 3 is 2.30 bits per heavy atom. The van der Waals surface area contributed by atoms with Crippen LogP contribution in [0.25, 0.3) is 6.08 Å². The highest BCUT2D eigenvalue weighted by Gasteiger charge is 2.33. The van der Waals surface area contributed by atoms with Gasteiger partial charge in [-0.25, -0.2) is 9.98 Å². The quantitative estimate of drug-likeness (QED) is 0.921. The minimum absolute atomic E-state index is 0.196. The van der Waals surface area contributed by atoms with Crippen LogP contribution in [0.1, 0.15) is 19.5 Å². The third kappa shape index (κ3) is 4.16. The molecule has 3 atom stereocenters. The molecule has 2 heterocycles. The number of nitrogens with zero attached hydrogens (tertiary/aromatic N) is 3. The first-order valence-electron chi connectivity index (χ1n) is 7.57. The molecule has 0 spiro atoms. The van der Waals surface area contributed by atoms with Crippen LogP contribution in [0.3, 0.4) is 0 Å². The van der Waals surface area contributed by atoms with Crippen LogP contribution in [0.5, 0.6) is 0 Å². The Morgan fingerprint density at radius 2 is 1.74 bits per heavy atom. The van der Waals surface area contributed by atoms with Crippen LogP contribution in [0.2, 0.25) is 0 Å². The van der Waals surface area contributed by atoms with Crippen LogP contribution < -0.4 is 0 Å². The molecule has 0 bridgehead atoms. The van der Waals surface area contributed by atoms with Crippen LogP contribution in [0.15, 0.2) is 40.5 Å². The number of ether oxygens (including phenoxy) is 2. The Labute approximate surface area is 136 Å². The van der Waals surface area contributed by atoms with Crippen LogP contribution in [-0.4, -0.2) is 54.3 Å². The molecular formula is C17H23N3O3. The van der Waals surface area contributed by atoms with Crippen molar-refractivity contribution in [2.75, 3.05) is 14.2 Å². The average molecular weight is 317 g/mol. The van der Waals surface area contributed by atoms with Crippen molar-refractivity contribution in [3.63, 3.8) is 0 Å². The van der Waals surface area contributed by atoms with Gasteiger partial charge in [-0.1, -0.05) is 26.0 Å². The number of rotatable bonds is 4. The number of aromatic nitrogens is 1. The molecule has 1 aromatic heterocycles. The molecule has 0 saturated carbocycles. The molecule has 124 valence electrons. The van der Waals surface area contributed by atoms with E-state index in [9.17, 15) is 5.11 Å². The van der Waals surface area contributed by atoms with Gasteiger partial charge in [0.2, 0.25) is 11.8 Å². The first-order valence-corrected chi connectivity index (χ1v) is 7.57. The second-order valence-electron chi connectivity index (χ2n) is 5.58. The average Bonchev–Trinajstić information content (AvgIpc) is 2.59. The van der Waals surface area contributed by atoms with E-state index in [0.29, 0.717) is 11.8 Å². The van der Waals surface area contributed by atoms with E-state index < -0.39 is 12.1 Å². The molecule has 0 radical (unpaired) electrons. The van der Waals surface area contributed by atoms with E-state index in [1.165, 1.54) is 7.11 Å². The molecular weight excluding hydrogens is 294 g/mol. The largest absolute Gasteiger partial charge is 0.483 e. The van der Waals surface area contributed by atoms with Gasteiger partial charge >= 0.3 is 0 Å². The smallest absolute Gasteiger partial charge is 0.212 e. The van der Waals surface area contributed by atoms with Crippen molar-refractivity contribution >= 4 is 17.9 Å². The second-order valence-corrected chi connectivity index (χ2v) is 5.58. The van der Waals surface area contributed by atoms with Crippen molar-refractivity contribution in [1.29, 1.82) is 0 Å². The molecule has 23 heavy (non-hydrogen) atoms. The highest BCUT2D eigenvalue weighted by molar-refractivity contribution is 5.94. The fourth-order valence-electron chi connectivity index (χ4n) is 2.32. The van der Waals surface area contributed by atoms with Crippen LogP contribution >= 0.6 is 0 Å². The van der Waals surface area contributed by atoms with Gasteiger partial charge in [0.15, 0.2) is 6.04 Å². The standard InChI is InChI=1S/C17H23N3O3/c1-11(2)14-16(22-3)20-15(17(19-14)23-4)13(21)9-8-12-7-5-6-10-18-12/h5-11,13-15,21H,1-4H3/b9-8+/t13-,14-,15+/m1/s1. The lowest BCUT2D eigenvalue weighted by atomic mass is 10.0. The number of methoxy groups -OCH3 is 2. The molecule has 0 aliphatic carbocycles. The van der Waals surface area contributed by atoms with E-state index in [2.05, 4.69) is 15.0 Å². The van der Waals surface area contributed by atoms with Gasteiger partial charge in [-0.05, 0) is 24.1 Å². The van der Waals surface area contributed by atoms with E-state index >= 15 is 0 Å². The third-order valence-electron chi connectivity index (χ3n) is 3.56. The Hall–Kier alpha value is -2.21. The van der Waals surface area contributed by atoms with E-state index in [-0.39, 0.29) is 12.0 Å². The minimum atomic E-state index is -0.881. The van der Waals surface area contributed by atoms with Crippen LogP contribution in [-0.2, 0) is 9.47 Å². The number of aliphatic hydroxyl groups is 1. The molecule has 1 N–H and O–H groups in total. The highest BCUT2D eigenvalue weighted by atomic mass is 16.5. The maximum atomic E-state index is 10.4. The monoisotopic (exact) mass is 317 g/mol. The maximum absolute atomic E-state index is 10.4. The Bertz CT molecular complexity index is 596. The maximum Gasteiger partial charge on any atom is 0.212 e. The van der Waals surface area contributed by atoms with Gasteiger partial charge in [0.25, 0.3) is 0 Å². The Balaban J connectivity index is 2.21. The lowest BCUT2D eigenvalue weighted by molar-refractivity contribution is 0.197. The van der Waals surface area contributed by atoms with Crippen LogP contribution in [0.4, 0.5) is 0 Å². The van der Waals surface area contributed by atoms with Gasteiger partial charge in [-0.3, -0.25) is 4.98 Å². The van der Waals surface area contributed by atoms with Crippen LogP contribution in [0, 0.1) is 5.92 Å². The second kappa shape index (κ2) is 7.87. The molecule has 0 aromatic carbocycles. The fourth-order valence-corrected chi connectivity index (χ4v) is 2.32. The van der Waals surface area contributed by atoms with Gasteiger partial charge < -0.3 is 14.6 Å². The Morgan fingerprint density at radius 1 is 1.09 bits per heavy atom. The van der Waals surface area contributed by atoms with Crippen molar-refractivity contribution in [2.45, 2.75) is 32.0 Å². The zero-order valence-corrected chi connectivity index (χ0v) is 13.9. The molecule has 6 heteroatoms. The summed E-state index contributed by atoms with van der Waals surface area (Å²) in [6, 6.07) is 4.76. The predicted molar refractivity (Wildman–Crippen MR) is 90.6 cm³/mol. The highest BCUT2D eigenvalue weighted by Crippen LogP contribution is 2.20. The summed E-state index contributed by atoms with van der Waals surface area (Å²) in [6.45, 7) is 4.07. The fraction of sp³-hybridized carbons (Fsp3) is 0.471. The van der Waals surface area contributed by atoms with Gasteiger partial charge in [0, 0.05) is 6.20 Å². The molecule has 6 nitrogen and oxygen atoms in total. The molecule has 0 unspecified atom stereocenters. The summed E-state index contributed by atoms with van der Waals surface area (Å²) < 4.78 is 10.7. The summed E-state index contributed by atoms with van der Waals surface area (Å²) >= 11 is 0. The van der Waals surface area contributed by atoms with Gasteiger partial charge in [0.05, 0.1) is 19.9 Å². The van der Waals surface area contributed by atoms with Crippen molar-refractivity contribution < 1.29 is 14.6 Å². The summed E-state index contributed by atoms with van der Waals surface area (Å²) in [4.78, 5) is 13.2. The number of aliphatic hydroxyl groups excluding tert-OH is 1. The van der Waals surface area contributed by atoms with Crippen molar-refractivity contribution in [2.24, 2.45) is 15.9 Å². The summed E-state index contributed by atoms with van der Waals surface area (Å²) in [5.41, 5.74) is 0.759. The number of pyridine rings is 1. The molecule has 0 fully saturated rings. The lowest BCUT2D eigenvalue weighted by Gasteiger charge is -2.28. The lowest BCUT2D eigenvalue weighted by Crippen LogP contribution is -2.42. The van der Waals surface area contributed by atoms with Gasteiger partial charge in [0.1, 0.15) is 12.1 Å². The number of aliphatic imine (C=N–C) groups is 2. The molecule has 1 aliphatic rings.